The summed E-state index contributed by atoms with van der Waals surface area (Å²) in [5.41, 5.74) is 2.74. The lowest BCUT2D eigenvalue weighted by atomic mass is 9.93. The molecule has 0 saturated carbocycles. The highest BCUT2D eigenvalue weighted by molar-refractivity contribution is 5.14. The van der Waals surface area contributed by atoms with Crippen molar-refractivity contribution < 1.29 is 0 Å². The van der Waals surface area contributed by atoms with Gasteiger partial charge >= 0.3 is 0 Å². The van der Waals surface area contributed by atoms with E-state index in [0.29, 0.717) is 5.92 Å². The van der Waals surface area contributed by atoms with E-state index >= 15 is 0 Å². The van der Waals surface area contributed by atoms with Crippen LogP contribution in [0.1, 0.15) is 101 Å². The van der Waals surface area contributed by atoms with Gasteiger partial charge < -0.3 is 0 Å². The Morgan fingerprint density at radius 1 is 0.667 bits per heavy atom. The molecule has 1 atom stereocenters. The Bertz CT molecular complexity index is 591. The summed E-state index contributed by atoms with van der Waals surface area (Å²) in [6, 6.07) is 10.8. The minimum Gasteiger partial charge on any atom is -0.241 e. The van der Waals surface area contributed by atoms with Crippen molar-refractivity contribution in [3.63, 3.8) is 0 Å². The molecule has 0 aliphatic carbocycles. The molecule has 0 spiro atoms. The quantitative estimate of drug-likeness (QED) is 0.328. The number of hydrogen-bond donors (Lipinski definition) is 0. The summed E-state index contributed by atoms with van der Waals surface area (Å²) in [6.07, 6.45) is 19.2. The first-order valence-corrected chi connectivity index (χ1v) is 11.2. The van der Waals surface area contributed by atoms with Crippen LogP contribution in [0.4, 0.5) is 0 Å². The Morgan fingerprint density at radius 2 is 1.30 bits per heavy atom. The van der Waals surface area contributed by atoms with Gasteiger partial charge in [-0.25, -0.2) is 9.97 Å². The third-order valence-electron chi connectivity index (χ3n) is 5.43. The third-order valence-corrected chi connectivity index (χ3v) is 5.43. The molecule has 1 aromatic heterocycles. The number of aryl methyl sites for hydroxylation is 2. The molecule has 0 aliphatic rings. The normalized spacial score (nSPS) is 12.2. The minimum absolute atomic E-state index is 0.507. The number of rotatable bonds is 14. The molecule has 27 heavy (non-hydrogen) atoms. The predicted molar refractivity (Wildman–Crippen MR) is 116 cm³/mol. The van der Waals surface area contributed by atoms with Crippen molar-refractivity contribution in [2.24, 2.45) is 0 Å². The van der Waals surface area contributed by atoms with Crippen LogP contribution >= 0.6 is 0 Å². The second kappa shape index (κ2) is 13.5. The summed E-state index contributed by atoms with van der Waals surface area (Å²) in [5, 5.41) is 0. The molecule has 2 heteroatoms. The van der Waals surface area contributed by atoms with E-state index in [1.54, 1.807) is 0 Å². The highest BCUT2D eigenvalue weighted by atomic mass is 14.9. The zero-order valence-corrected chi connectivity index (χ0v) is 17.5. The van der Waals surface area contributed by atoms with Gasteiger partial charge in [-0.05, 0) is 49.7 Å². The van der Waals surface area contributed by atoms with Gasteiger partial charge in [-0.3, -0.25) is 0 Å². The van der Waals surface area contributed by atoms with Crippen LogP contribution in [-0.4, -0.2) is 9.97 Å². The van der Waals surface area contributed by atoms with Gasteiger partial charge in [0.1, 0.15) is 5.82 Å². The number of unbranched alkanes of at least 4 members (excludes halogenated alkanes) is 5. The Labute approximate surface area is 166 Å². The lowest BCUT2D eigenvalue weighted by Crippen LogP contribution is -2.06. The van der Waals surface area contributed by atoms with Crippen LogP contribution in [0.15, 0.2) is 42.7 Å². The van der Waals surface area contributed by atoms with Gasteiger partial charge in [-0.2, -0.15) is 0 Å². The second-order valence-electron chi connectivity index (χ2n) is 7.83. The van der Waals surface area contributed by atoms with Crippen molar-refractivity contribution in [2.45, 2.75) is 96.8 Å². The molecule has 1 unspecified atom stereocenters. The molecular weight excluding hydrogens is 328 g/mol. The fourth-order valence-corrected chi connectivity index (χ4v) is 3.69. The van der Waals surface area contributed by atoms with Gasteiger partial charge in [-0.1, -0.05) is 82.7 Å². The molecule has 0 saturated heterocycles. The van der Waals surface area contributed by atoms with Crippen LogP contribution in [0.5, 0.6) is 0 Å². The monoisotopic (exact) mass is 366 g/mol. The van der Waals surface area contributed by atoms with Gasteiger partial charge in [0, 0.05) is 18.3 Å². The maximum Gasteiger partial charge on any atom is 0.131 e. The molecule has 0 amide bonds. The van der Waals surface area contributed by atoms with Crippen LogP contribution in [0.25, 0.3) is 0 Å². The standard InChI is InChI=1S/C25H38N2/c1-3-5-7-8-10-16-23-20-26-25(27-21-23)24(18-6-4-2)19-13-17-22-14-11-9-12-15-22/h9,11-12,14-15,20-21,24H,3-8,10,13,16-19H2,1-2H3. The maximum absolute atomic E-state index is 4.76. The summed E-state index contributed by atoms with van der Waals surface area (Å²) in [7, 11) is 0. The van der Waals surface area contributed by atoms with Crippen LogP contribution in [0.3, 0.4) is 0 Å². The van der Waals surface area contributed by atoms with Gasteiger partial charge in [0.15, 0.2) is 0 Å². The van der Waals surface area contributed by atoms with Crippen LogP contribution in [-0.2, 0) is 12.8 Å². The molecule has 2 nitrogen and oxygen atoms in total. The van der Waals surface area contributed by atoms with E-state index in [-0.39, 0.29) is 0 Å². The molecule has 2 aromatic rings. The van der Waals surface area contributed by atoms with Crippen LogP contribution < -0.4 is 0 Å². The Kier molecular flexibility index (Phi) is 10.8. The first-order valence-electron chi connectivity index (χ1n) is 11.2. The molecule has 148 valence electrons. The number of aromatic nitrogens is 2. The van der Waals surface area contributed by atoms with Crippen molar-refractivity contribution >= 4 is 0 Å². The van der Waals surface area contributed by atoms with E-state index in [1.807, 2.05) is 0 Å². The van der Waals surface area contributed by atoms with E-state index in [4.69, 9.17) is 9.97 Å². The third kappa shape index (κ3) is 8.69. The fraction of sp³-hybridized carbons (Fsp3) is 0.600. The first-order chi connectivity index (χ1) is 13.3. The zero-order valence-electron chi connectivity index (χ0n) is 17.5. The molecule has 0 bridgehead atoms. The lowest BCUT2D eigenvalue weighted by molar-refractivity contribution is 0.505. The van der Waals surface area contributed by atoms with Crippen LogP contribution in [0, 0.1) is 0 Å². The van der Waals surface area contributed by atoms with Gasteiger partial charge in [0.25, 0.3) is 0 Å². The SMILES string of the molecule is CCCCCCCc1cnc(C(CCCC)CCCc2ccccc2)nc1. The molecule has 1 heterocycles. The second-order valence-corrected chi connectivity index (χ2v) is 7.83. The topological polar surface area (TPSA) is 25.8 Å². The van der Waals surface area contributed by atoms with E-state index in [9.17, 15) is 0 Å². The van der Waals surface area contributed by atoms with E-state index in [1.165, 1.54) is 75.3 Å². The van der Waals surface area contributed by atoms with Crippen molar-refractivity contribution in [3.05, 3.63) is 59.7 Å². The maximum atomic E-state index is 4.76. The number of hydrogen-bond acceptors (Lipinski definition) is 2. The smallest absolute Gasteiger partial charge is 0.131 e. The Morgan fingerprint density at radius 3 is 2.00 bits per heavy atom. The molecule has 0 N–H and O–H groups in total. The van der Waals surface area contributed by atoms with E-state index in [2.05, 4.69) is 56.6 Å². The minimum atomic E-state index is 0.507. The highest BCUT2D eigenvalue weighted by Gasteiger charge is 2.14. The van der Waals surface area contributed by atoms with E-state index in [0.717, 1.165) is 18.7 Å². The summed E-state index contributed by atoms with van der Waals surface area (Å²) in [6.45, 7) is 4.53. The molecule has 2 rings (SSSR count). The summed E-state index contributed by atoms with van der Waals surface area (Å²) >= 11 is 0. The Balaban J connectivity index is 1.83. The molecule has 0 fully saturated rings. The zero-order chi connectivity index (χ0) is 19.2. The highest BCUT2D eigenvalue weighted by Crippen LogP contribution is 2.25. The first kappa shape index (κ1) is 21.6. The molecular formula is C25H38N2. The lowest BCUT2D eigenvalue weighted by Gasteiger charge is -2.15. The van der Waals surface area contributed by atoms with Crippen molar-refractivity contribution in [1.29, 1.82) is 0 Å². The van der Waals surface area contributed by atoms with Gasteiger partial charge in [-0.15, -0.1) is 0 Å². The van der Waals surface area contributed by atoms with Gasteiger partial charge in [0.05, 0.1) is 0 Å². The van der Waals surface area contributed by atoms with Crippen molar-refractivity contribution in [2.75, 3.05) is 0 Å². The molecule has 1 aromatic carbocycles. The summed E-state index contributed by atoms with van der Waals surface area (Å²) in [4.78, 5) is 9.52. The van der Waals surface area contributed by atoms with E-state index < -0.39 is 0 Å². The fourth-order valence-electron chi connectivity index (χ4n) is 3.69. The van der Waals surface area contributed by atoms with Crippen LogP contribution in [0.2, 0.25) is 0 Å². The summed E-state index contributed by atoms with van der Waals surface area (Å²) < 4.78 is 0. The number of benzene rings is 1. The predicted octanol–water partition coefficient (Wildman–Crippen LogP) is 7.29. The summed E-state index contributed by atoms with van der Waals surface area (Å²) in [5.74, 6) is 1.57. The molecule has 0 radical (unpaired) electrons. The largest absolute Gasteiger partial charge is 0.241 e. The van der Waals surface area contributed by atoms with Crippen molar-refractivity contribution in [1.82, 2.24) is 9.97 Å². The van der Waals surface area contributed by atoms with Crippen molar-refractivity contribution in [3.8, 4) is 0 Å². The number of nitrogens with zero attached hydrogens (tertiary/aromatic N) is 2. The van der Waals surface area contributed by atoms with Gasteiger partial charge in [0.2, 0.25) is 0 Å². The Hall–Kier alpha value is -1.70. The molecule has 0 aliphatic heterocycles. The average Bonchev–Trinajstić information content (AvgIpc) is 2.72. The average molecular weight is 367 g/mol.